The maximum atomic E-state index is 12.0. The normalized spacial score (nSPS) is 35.9. The first kappa shape index (κ1) is 10.5. The van der Waals surface area contributed by atoms with Crippen LogP contribution in [0.5, 0.6) is 0 Å². The Hall–Kier alpha value is -1.06. The van der Waals surface area contributed by atoms with Crippen molar-refractivity contribution in [2.45, 2.75) is 45.6 Å². The molecular weight excluding hydrogens is 190 g/mol. The molecule has 0 bridgehead atoms. The summed E-state index contributed by atoms with van der Waals surface area (Å²) in [5.41, 5.74) is -0.400. The Morgan fingerprint density at radius 3 is 2.67 bits per heavy atom. The molecule has 1 amide bonds. The molecule has 1 spiro atoms. The number of carbonyl (C=O) groups is 1. The molecule has 1 saturated carbocycles. The summed E-state index contributed by atoms with van der Waals surface area (Å²) in [6, 6.07) is 0. The van der Waals surface area contributed by atoms with E-state index >= 15 is 0 Å². The Labute approximate surface area is 90.5 Å². The monoisotopic (exact) mass is 209 g/mol. The minimum Gasteiger partial charge on any atom is -0.341 e. The third-order valence-corrected chi connectivity index (χ3v) is 3.78. The van der Waals surface area contributed by atoms with Crippen molar-refractivity contribution in [2.75, 3.05) is 6.54 Å². The third-order valence-electron chi connectivity index (χ3n) is 3.78. The second-order valence-corrected chi connectivity index (χ2v) is 5.04. The zero-order chi connectivity index (χ0) is 11.1. The van der Waals surface area contributed by atoms with Crippen molar-refractivity contribution >= 4 is 11.9 Å². The van der Waals surface area contributed by atoms with Crippen molar-refractivity contribution in [3.8, 4) is 0 Å². The fraction of sp³-hybridized carbons (Fsp3) is 0.818. The lowest BCUT2D eigenvalue weighted by molar-refractivity contribution is -0.126. The molecule has 84 valence electrons. The molecule has 2 fully saturated rings. The summed E-state index contributed by atoms with van der Waals surface area (Å²) in [6.07, 6.45) is 3.11. The molecule has 1 heterocycles. The van der Waals surface area contributed by atoms with Crippen LogP contribution in [0.25, 0.3) is 0 Å². The first-order valence-electron chi connectivity index (χ1n) is 5.66. The van der Waals surface area contributed by atoms with Crippen molar-refractivity contribution < 1.29 is 4.79 Å². The fourth-order valence-electron chi connectivity index (χ4n) is 2.74. The number of nitrogens with zero attached hydrogens (tertiary/aromatic N) is 1. The van der Waals surface area contributed by atoms with Gasteiger partial charge in [-0.25, -0.2) is 0 Å². The molecule has 1 aliphatic heterocycles. The molecule has 2 N–H and O–H groups in total. The van der Waals surface area contributed by atoms with Gasteiger partial charge in [-0.05, 0) is 31.6 Å². The number of amides is 1. The van der Waals surface area contributed by atoms with Crippen molar-refractivity contribution in [3.05, 3.63) is 0 Å². The molecule has 1 unspecified atom stereocenters. The highest BCUT2D eigenvalue weighted by Gasteiger charge is 2.57. The van der Waals surface area contributed by atoms with Crippen molar-refractivity contribution in [2.24, 2.45) is 10.4 Å². The highest BCUT2D eigenvalue weighted by Crippen LogP contribution is 2.47. The Kier molecular flexibility index (Phi) is 2.24. The van der Waals surface area contributed by atoms with Crippen molar-refractivity contribution in [1.29, 1.82) is 0 Å². The third kappa shape index (κ3) is 1.34. The van der Waals surface area contributed by atoms with Crippen LogP contribution in [0, 0.1) is 5.41 Å². The van der Waals surface area contributed by atoms with Crippen LogP contribution in [0.15, 0.2) is 4.99 Å². The minimum absolute atomic E-state index is 0.0160. The maximum Gasteiger partial charge on any atom is 0.252 e. The van der Waals surface area contributed by atoms with Crippen molar-refractivity contribution in [3.63, 3.8) is 0 Å². The Balaban J connectivity index is 2.31. The second-order valence-electron chi connectivity index (χ2n) is 5.04. The van der Waals surface area contributed by atoms with Gasteiger partial charge in [0.25, 0.3) is 5.91 Å². The van der Waals surface area contributed by atoms with Crippen LogP contribution in [0.3, 0.4) is 0 Å². The highest BCUT2D eigenvalue weighted by atomic mass is 16.2. The zero-order valence-corrected chi connectivity index (χ0v) is 9.68. The van der Waals surface area contributed by atoms with Gasteiger partial charge in [-0.2, -0.15) is 0 Å². The predicted molar refractivity (Wildman–Crippen MR) is 59.6 cm³/mol. The number of carbonyl (C=O) groups excluding carboxylic acids is 1. The summed E-state index contributed by atoms with van der Waals surface area (Å²) < 4.78 is 0. The average molecular weight is 209 g/mol. The molecule has 1 atom stereocenters. The van der Waals surface area contributed by atoms with Gasteiger partial charge in [-0.1, -0.05) is 13.8 Å². The number of hydrogen-bond acceptors (Lipinski definition) is 2. The van der Waals surface area contributed by atoms with Gasteiger partial charge in [-0.3, -0.25) is 15.1 Å². The van der Waals surface area contributed by atoms with Crippen LogP contribution < -0.4 is 10.6 Å². The molecule has 1 aliphatic carbocycles. The molecule has 0 aromatic carbocycles. The molecule has 4 heteroatoms. The van der Waals surface area contributed by atoms with E-state index in [4.69, 9.17) is 0 Å². The number of guanidine groups is 1. The first-order valence-corrected chi connectivity index (χ1v) is 5.66. The molecule has 2 aliphatic rings. The van der Waals surface area contributed by atoms with E-state index in [0.29, 0.717) is 12.5 Å². The Bertz CT molecular complexity index is 322. The van der Waals surface area contributed by atoms with Crippen LogP contribution in [0.2, 0.25) is 0 Å². The van der Waals surface area contributed by atoms with E-state index in [1.165, 1.54) is 0 Å². The van der Waals surface area contributed by atoms with E-state index in [1.54, 1.807) is 0 Å². The summed E-state index contributed by atoms with van der Waals surface area (Å²) in [4.78, 5) is 16.3. The smallest absolute Gasteiger partial charge is 0.252 e. The van der Waals surface area contributed by atoms with Gasteiger partial charge in [0.15, 0.2) is 5.96 Å². The largest absolute Gasteiger partial charge is 0.341 e. The van der Waals surface area contributed by atoms with Crippen LogP contribution >= 0.6 is 0 Å². The van der Waals surface area contributed by atoms with Crippen LogP contribution in [0.1, 0.15) is 40.0 Å². The van der Waals surface area contributed by atoms with E-state index in [-0.39, 0.29) is 11.3 Å². The van der Waals surface area contributed by atoms with Gasteiger partial charge in [-0.15, -0.1) is 0 Å². The molecule has 2 rings (SSSR count). The summed E-state index contributed by atoms with van der Waals surface area (Å²) in [5, 5.41) is 6.14. The van der Waals surface area contributed by atoms with E-state index < -0.39 is 5.54 Å². The molecule has 0 radical (unpaired) electrons. The Morgan fingerprint density at radius 2 is 2.13 bits per heavy atom. The van der Waals surface area contributed by atoms with E-state index in [0.717, 1.165) is 19.3 Å². The number of hydrogen-bond donors (Lipinski definition) is 2. The number of rotatable bonds is 1. The fourth-order valence-corrected chi connectivity index (χ4v) is 2.74. The summed E-state index contributed by atoms with van der Waals surface area (Å²) in [6.45, 7) is 6.97. The Morgan fingerprint density at radius 1 is 1.40 bits per heavy atom. The van der Waals surface area contributed by atoms with E-state index in [9.17, 15) is 4.79 Å². The molecule has 0 aromatic rings. The van der Waals surface area contributed by atoms with Gasteiger partial charge in [0.05, 0.1) is 0 Å². The highest BCUT2D eigenvalue weighted by molar-refractivity contribution is 6.09. The summed E-state index contributed by atoms with van der Waals surface area (Å²) in [5.74, 6) is 0.745. The van der Waals surface area contributed by atoms with Gasteiger partial charge in [0.2, 0.25) is 0 Å². The molecule has 4 nitrogen and oxygen atoms in total. The van der Waals surface area contributed by atoms with Gasteiger partial charge in [0, 0.05) is 6.54 Å². The zero-order valence-electron chi connectivity index (χ0n) is 9.68. The summed E-state index contributed by atoms with van der Waals surface area (Å²) in [7, 11) is 0. The van der Waals surface area contributed by atoms with E-state index in [1.807, 2.05) is 6.92 Å². The topological polar surface area (TPSA) is 53.5 Å². The molecule has 15 heavy (non-hydrogen) atoms. The standard InChI is InChI=1S/C11H19N3O/c1-4-12-9-13-8(15)11(14-9)7-5-6-10(11,2)3/h4-7H2,1-3H3,(H2,12,13,14,15). The van der Waals surface area contributed by atoms with Crippen LogP contribution in [0.4, 0.5) is 0 Å². The molecule has 0 aromatic heterocycles. The van der Waals surface area contributed by atoms with Gasteiger partial charge >= 0.3 is 0 Å². The molecular formula is C11H19N3O. The lowest BCUT2D eigenvalue weighted by atomic mass is 9.75. The van der Waals surface area contributed by atoms with Gasteiger partial charge in [0.1, 0.15) is 5.54 Å². The van der Waals surface area contributed by atoms with E-state index in [2.05, 4.69) is 29.5 Å². The van der Waals surface area contributed by atoms with Crippen molar-refractivity contribution in [1.82, 2.24) is 10.6 Å². The lowest BCUT2D eigenvalue weighted by Gasteiger charge is -2.35. The van der Waals surface area contributed by atoms with Crippen LogP contribution in [-0.2, 0) is 4.79 Å². The minimum atomic E-state index is -0.416. The maximum absolute atomic E-state index is 12.0. The number of aliphatic imine (C=N–C) groups is 1. The number of nitrogens with one attached hydrogen (secondary N) is 2. The SMILES string of the molecule is CCN=C1NC(=O)C2(CCCC2(C)C)N1. The summed E-state index contributed by atoms with van der Waals surface area (Å²) >= 11 is 0. The predicted octanol–water partition coefficient (Wildman–Crippen LogP) is 1.03. The van der Waals surface area contributed by atoms with Crippen LogP contribution in [-0.4, -0.2) is 24.0 Å². The molecule has 1 saturated heterocycles. The quantitative estimate of drug-likeness (QED) is 0.677. The second kappa shape index (κ2) is 3.22. The average Bonchev–Trinajstić information content (AvgIpc) is 2.58. The first-order chi connectivity index (χ1) is 7.02. The van der Waals surface area contributed by atoms with Gasteiger partial charge < -0.3 is 5.32 Å². The lowest BCUT2D eigenvalue weighted by Crippen LogP contribution is -2.54.